The first-order valence-electron chi connectivity index (χ1n) is 12.7. The van der Waals surface area contributed by atoms with Gasteiger partial charge < -0.3 is 0 Å². The number of rotatable bonds is 0. The molecule has 8 aliphatic rings. The zero-order valence-corrected chi connectivity index (χ0v) is 27.1. The molecule has 4 saturated carbocycles. The van der Waals surface area contributed by atoms with Crippen LogP contribution in [-0.2, 0) is 0 Å². The average molecular weight is 601 g/mol. The fraction of sp³-hybridized carbons (Fsp3) is 0.769. The van der Waals surface area contributed by atoms with Crippen LogP contribution in [0, 0.1) is 34.5 Å². The lowest BCUT2D eigenvalue weighted by atomic mass is 9.89. The van der Waals surface area contributed by atoms with Crippen molar-refractivity contribution < 1.29 is 0 Å². The van der Waals surface area contributed by atoms with Gasteiger partial charge in [-0.2, -0.15) is 0 Å². The molecule has 0 aromatic heterocycles. The standard InChI is InChI=1S/C26H32S8/c1-23(2)11-7-9-25(5)15(13(11)23)27-19-21(33-25)31-17(29-19)18-30-20-22(32-18)34-26(6)10-8-12-14(16(26)28-20)24(12,3)4/h11-16H,7-10H2,1-6H3/b18-17+/t11-,12-,13-,14-,15+,16+,25-,26-/m1/s1. The van der Waals surface area contributed by atoms with Crippen molar-refractivity contribution >= 4 is 94.1 Å². The van der Waals surface area contributed by atoms with Crippen LogP contribution in [0.15, 0.2) is 25.4 Å². The van der Waals surface area contributed by atoms with E-state index in [1.807, 2.05) is 0 Å². The third kappa shape index (κ3) is 3.18. The van der Waals surface area contributed by atoms with E-state index in [-0.39, 0.29) is 0 Å². The van der Waals surface area contributed by atoms with Crippen LogP contribution >= 0.6 is 94.1 Å². The maximum Gasteiger partial charge on any atom is 0.0717 e. The van der Waals surface area contributed by atoms with Crippen molar-refractivity contribution in [2.24, 2.45) is 34.5 Å². The Bertz CT molecular complexity index is 1030. The van der Waals surface area contributed by atoms with Gasteiger partial charge in [0.15, 0.2) is 0 Å². The summed E-state index contributed by atoms with van der Waals surface area (Å²) in [6.07, 6.45) is 5.70. The molecule has 4 heterocycles. The van der Waals surface area contributed by atoms with Crippen LogP contribution < -0.4 is 0 Å². The first kappa shape index (κ1) is 23.9. The van der Waals surface area contributed by atoms with E-state index in [9.17, 15) is 0 Å². The van der Waals surface area contributed by atoms with E-state index in [0.29, 0.717) is 20.3 Å². The third-order valence-corrected chi connectivity index (χ3v) is 24.0. The molecule has 0 saturated heterocycles. The van der Waals surface area contributed by atoms with Crippen molar-refractivity contribution in [3.63, 3.8) is 0 Å². The predicted molar refractivity (Wildman–Crippen MR) is 166 cm³/mol. The topological polar surface area (TPSA) is 0 Å². The maximum absolute atomic E-state index is 2.59. The molecule has 184 valence electrons. The molecule has 0 aromatic rings. The Morgan fingerprint density at radius 3 is 1.32 bits per heavy atom. The Balaban J connectivity index is 1.02. The van der Waals surface area contributed by atoms with Gasteiger partial charge in [0.25, 0.3) is 0 Å². The summed E-state index contributed by atoms with van der Waals surface area (Å²) in [5, 5.41) is 1.61. The smallest absolute Gasteiger partial charge is 0.0717 e. The zero-order valence-electron chi connectivity index (χ0n) is 20.6. The van der Waals surface area contributed by atoms with Crippen LogP contribution in [-0.4, -0.2) is 20.0 Å². The van der Waals surface area contributed by atoms with E-state index in [2.05, 4.69) is 136 Å². The van der Waals surface area contributed by atoms with Crippen LogP contribution in [0.4, 0.5) is 0 Å². The van der Waals surface area contributed by atoms with Gasteiger partial charge in [0.05, 0.1) is 25.4 Å². The van der Waals surface area contributed by atoms with Crippen molar-refractivity contribution in [3.8, 4) is 0 Å². The quantitative estimate of drug-likeness (QED) is 0.266. The molecule has 0 nitrogen and oxygen atoms in total. The first-order chi connectivity index (χ1) is 16.0. The summed E-state index contributed by atoms with van der Waals surface area (Å²) in [6, 6.07) is 0. The van der Waals surface area contributed by atoms with Crippen LogP contribution in [0.3, 0.4) is 0 Å². The van der Waals surface area contributed by atoms with E-state index in [0.717, 1.165) is 34.2 Å². The van der Waals surface area contributed by atoms with Gasteiger partial charge in [-0.15, -0.1) is 47.0 Å². The molecule has 0 radical (unpaired) electrons. The Labute approximate surface area is 239 Å². The molecular formula is C26H32S8. The molecule has 0 amide bonds. The van der Waals surface area contributed by atoms with Gasteiger partial charge >= 0.3 is 0 Å². The molecule has 4 aliphatic heterocycles. The van der Waals surface area contributed by atoms with Crippen LogP contribution in [0.1, 0.15) is 67.2 Å². The molecule has 0 bridgehead atoms. The second-order valence-corrected chi connectivity index (χ2v) is 24.1. The van der Waals surface area contributed by atoms with Gasteiger partial charge in [-0.25, -0.2) is 0 Å². The van der Waals surface area contributed by atoms with Crippen molar-refractivity contribution in [1.29, 1.82) is 0 Å². The number of thioether (sulfide) groups is 8. The van der Waals surface area contributed by atoms with E-state index < -0.39 is 0 Å². The Morgan fingerprint density at radius 2 is 0.912 bits per heavy atom. The normalized spacial score (nSPS) is 53.5. The summed E-state index contributed by atoms with van der Waals surface area (Å²) in [4.78, 5) is 0. The van der Waals surface area contributed by atoms with Gasteiger partial charge in [0, 0.05) is 20.0 Å². The molecule has 0 unspecified atom stereocenters. The molecule has 4 fully saturated rings. The molecule has 8 atom stereocenters. The largest absolute Gasteiger partial charge is 0.112 e. The average Bonchev–Trinajstić information content (AvgIpc) is 3.27. The van der Waals surface area contributed by atoms with Crippen LogP contribution in [0.25, 0.3) is 0 Å². The summed E-state index contributed by atoms with van der Waals surface area (Å²) >= 11 is 17.5. The van der Waals surface area contributed by atoms with E-state index in [4.69, 9.17) is 0 Å². The highest BCUT2D eigenvalue weighted by atomic mass is 32.3. The summed E-state index contributed by atoms with van der Waals surface area (Å²) in [7, 11) is 0. The summed E-state index contributed by atoms with van der Waals surface area (Å²) in [5.74, 6) is 3.81. The highest BCUT2D eigenvalue weighted by molar-refractivity contribution is 8.46. The van der Waals surface area contributed by atoms with E-state index in [1.165, 1.54) is 25.7 Å². The predicted octanol–water partition coefficient (Wildman–Crippen LogP) is 10.7. The monoisotopic (exact) mass is 600 g/mol. The Hall–Kier alpha value is 2.02. The van der Waals surface area contributed by atoms with Gasteiger partial charge in [-0.3, -0.25) is 0 Å². The molecule has 0 N–H and O–H groups in total. The molecule has 34 heavy (non-hydrogen) atoms. The second-order valence-electron chi connectivity index (χ2n) is 13.0. The minimum atomic E-state index is 0.434. The lowest BCUT2D eigenvalue weighted by Gasteiger charge is -2.43. The number of hydrogen-bond donors (Lipinski definition) is 0. The SMILES string of the molecule is CC1(C)[C@@H]2[C@H]1CC[C@@]1(C)SC3=C(S/C(=C4/SC5=C(S4)S[C@]4(C)CC[C@@H]6[C@H]([C@@H]4S5)C6(C)C)S3)S[C@@H]21. The van der Waals surface area contributed by atoms with Gasteiger partial charge in [0.2, 0.25) is 0 Å². The number of hydrogen-bond acceptors (Lipinski definition) is 8. The third-order valence-electron chi connectivity index (χ3n) is 10.4. The highest BCUT2D eigenvalue weighted by Gasteiger charge is 2.69. The lowest BCUT2D eigenvalue weighted by Crippen LogP contribution is -2.40. The Morgan fingerprint density at radius 1 is 0.529 bits per heavy atom. The van der Waals surface area contributed by atoms with Crippen LogP contribution in [0.5, 0.6) is 0 Å². The maximum atomic E-state index is 2.59. The van der Waals surface area contributed by atoms with Gasteiger partial charge in [-0.1, -0.05) is 74.7 Å². The second kappa shape index (κ2) is 7.40. The Kier molecular flexibility index (Phi) is 5.19. The van der Waals surface area contributed by atoms with Crippen molar-refractivity contribution in [2.45, 2.75) is 87.2 Å². The van der Waals surface area contributed by atoms with E-state index in [1.54, 1.807) is 25.4 Å². The van der Waals surface area contributed by atoms with Crippen molar-refractivity contribution in [1.82, 2.24) is 0 Å². The fourth-order valence-electron chi connectivity index (χ4n) is 8.06. The summed E-state index contributed by atoms with van der Waals surface area (Å²) < 4.78 is 10.6. The lowest BCUT2D eigenvalue weighted by molar-refractivity contribution is 0.416. The first-order valence-corrected chi connectivity index (χ1v) is 19.3. The molecule has 8 heteroatoms. The minimum Gasteiger partial charge on any atom is -0.112 e. The molecule has 4 aliphatic carbocycles. The van der Waals surface area contributed by atoms with Gasteiger partial charge in [-0.05, 0) is 74.0 Å². The van der Waals surface area contributed by atoms with Gasteiger partial charge in [0.1, 0.15) is 0 Å². The summed E-state index contributed by atoms with van der Waals surface area (Å²) in [6.45, 7) is 15.3. The van der Waals surface area contributed by atoms with Crippen LogP contribution in [0.2, 0.25) is 0 Å². The zero-order chi connectivity index (χ0) is 23.4. The highest BCUT2D eigenvalue weighted by Crippen LogP contribution is 2.79. The minimum absolute atomic E-state index is 0.434. The molecule has 0 aromatic carbocycles. The molecule has 0 spiro atoms. The summed E-state index contributed by atoms with van der Waals surface area (Å²) in [5.41, 5.74) is 1.14. The van der Waals surface area contributed by atoms with E-state index >= 15 is 0 Å². The molecule has 8 rings (SSSR count). The van der Waals surface area contributed by atoms with Crippen molar-refractivity contribution in [2.75, 3.05) is 0 Å². The van der Waals surface area contributed by atoms with Crippen molar-refractivity contribution in [3.05, 3.63) is 25.4 Å². The number of fused-ring (bicyclic) bond motifs is 6. The fourth-order valence-corrected chi connectivity index (χ4v) is 23.2. The molecular weight excluding hydrogens is 569 g/mol.